The second-order valence-electron chi connectivity index (χ2n) is 10.3. The van der Waals surface area contributed by atoms with Crippen molar-refractivity contribution in [2.75, 3.05) is 0 Å². The minimum absolute atomic E-state index is 0.235. The van der Waals surface area contributed by atoms with Gasteiger partial charge in [-0.2, -0.15) is 0 Å². The Morgan fingerprint density at radius 3 is 1.95 bits per heavy atom. The van der Waals surface area contributed by atoms with Gasteiger partial charge in [0, 0.05) is 34.2 Å². The van der Waals surface area contributed by atoms with Crippen molar-refractivity contribution in [2.45, 2.75) is 6.92 Å². The summed E-state index contributed by atoms with van der Waals surface area (Å²) in [6, 6.07) is 43.0. The van der Waals surface area contributed by atoms with Crippen molar-refractivity contribution < 1.29 is 8.96 Å². The molecule has 0 unspecified atom stereocenters. The highest BCUT2D eigenvalue weighted by Gasteiger charge is 2.25. The van der Waals surface area contributed by atoms with Gasteiger partial charge in [-0.15, -0.1) is 0 Å². The lowest BCUT2D eigenvalue weighted by Gasteiger charge is -2.15. The molecule has 0 amide bonds. The monoisotopic (exact) mass is 519 g/mol. The summed E-state index contributed by atoms with van der Waals surface area (Å²) in [5.41, 5.74) is 10.0. The Kier molecular flexibility index (Phi) is 5.78. The quantitative estimate of drug-likeness (QED) is 0.205. The minimum atomic E-state index is -0.235. The van der Waals surface area contributed by atoms with Gasteiger partial charge in [0.2, 0.25) is 5.69 Å². The Bertz CT molecular complexity index is 2020. The van der Waals surface area contributed by atoms with Crippen LogP contribution in [0.15, 0.2) is 134 Å². The molecule has 0 atom stereocenters. The zero-order chi connectivity index (χ0) is 27.2. The summed E-state index contributed by atoms with van der Waals surface area (Å²) in [5, 5.41) is 2.13. The summed E-state index contributed by atoms with van der Waals surface area (Å²) in [7, 11) is 2.07. The molecule has 0 fully saturated rings. The van der Waals surface area contributed by atoms with Crippen LogP contribution >= 0.6 is 0 Å². The van der Waals surface area contributed by atoms with Gasteiger partial charge in [0.25, 0.3) is 0 Å². The van der Waals surface area contributed by atoms with E-state index in [1.807, 2.05) is 60.7 Å². The van der Waals surface area contributed by atoms with Gasteiger partial charge in [-0.05, 0) is 65.6 Å². The maximum Gasteiger partial charge on any atom is 0.214 e. The molecule has 2 nitrogen and oxygen atoms in total. The van der Waals surface area contributed by atoms with Crippen LogP contribution < -0.4 is 4.57 Å². The van der Waals surface area contributed by atoms with E-state index in [-0.39, 0.29) is 5.82 Å². The molecule has 192 valence electrons. The van der Waals surface area contributed by atoms with Gasteiger partial charge in [0.05, 0.1) is 16.6 Å². The summed E-state index contributed by atoms with van der Waals surface area (Å²) < 4.78 is 20.5. The molecule has 7 rings (SSSR count). The number of hydrogen-bond donors (Lipinski definition) is 0. The Morgan fingerprint density at radius 2 is 1.20 bits per heavy atom. The number of aryl methyl sites for hydroxylation is 2. The van der Waals surface area contributed by atoms with E-state index in [0.717, 1.165) is 55.4 Å². The van der Waals surface area contributed by atoms with Gasteiger partial charge in [-0.3, -0.25) is 0 Å². The normalized spacial score (nSPS) is 11.4. The van der Waals surface area contributed by atoms with E-state index in [1.165, 1.54) is 5.56 Å². The topological polar surface area (TPSA) is 8.81 Å². The molecule has 0 saturated carbocycles. The van der Waals surface area contributed by atoms with Crippen molar-refractivity contribution in [1.29, 1.82) is 0 Å². The Hall–Kier alpha value is -5.02. The van der Waals surface area contributed by atoms with E-state index in [4.69, 9.17) is 0 Å². The molecule has 5 aromatic carbocycles. The van der Waals surface area contributed by atoms with Crippen LogP contribution in [0.3, 0.4) is 0 Å². The number of para-hydroxylation sites is 1. The lowest BCUT2D eigenvalue weighted by Crippen LogP contribution is -2.30. The smallest absolute Gasteiger partial charge is 0.214 e. The van der Waals surface area contributed by atoms with Crippen molar-refractivity contribution in [2.24, 2.45) is 7.05 Å². The molecule has 7 aromatic rings. The number of nitrogens with zero attached hydrogens (tertiary/aromatic N) is 2. The number of pyridine rings is 1. The van der Waals surface area contributed by atoms with Crippen LogP contribution in [0.2, 0.25) is 0 Å². The molecule has 0 aliphatic heterocycles. The van der Waals surface area contributed by atoms with E-state index < -0.39 is 0 Å². The molecule has 0 aliphatic rings. The van der Waals surface area contributed by atoms with Crippen molar-refractivity contribution in [3.05, 3.63) is 145 Å². The minimum Gasteiger partial charge on any atom is -0.308 e. The van der Waals surface area contributed by atoms with Crippen molar-refractivity contribution in [3.8, 4) is 39.2 Å². The average Bonchev–Trinajstić information content (AvgIpc) is 3.32. The largest absolute Gasteiger partial charge is 0.308 e. The van der Waals surface area contributed by atoms with Crippen LogP contribution in [0.5, 0.6) is 0 Å². The highest BCUT2D eigenvalue weighted by Crippen LogP contribution is 2.43. The van der Waals surface area contributed by atoms with Crippen LogP contribution in [0.1, 0.15) is 5.56 Å². The van der Waals surface area contributed by atoms with Gasteiger partial charge in [-0.1, -0.05) is 78.9 Å². The summed E-state index contributed by atoms with van der Waals surface area (Å²) in [5.74, 6) is -0.235. The summed E-state index contributed by atoms with van der Waals surface area (Å²) in [4.78, 5) is 0. The predicted molar refractivity (Wildman–Crippen MR) is 163 cm³/mol. The number of aromatic nitrogens is 2. The molecule has 40 heavy (non-hydrogen) atoms. The standard InChI is InChI=1S/C37H28FN2/c1-25-19-20-30-31-21-22-32(38)35(28-15-11-14-27(24-28)26-12-5-3-6-13-26)37(31)40(29-16-7-4-8-17-29)36(30)34(25)33-18-9-10-23-39(33)2/h3-24H,1-2H3/q+1. The molecule has 0 N–H and O–H groups in total. The Labute approximate surface area is 233 Å². The average molecular weight is 520 g/mol. The summed E-state index contributed by atoms with van der Waals surface area (Å²) in [6.45, 7) is 2.15. The van der Waals surface area contributed by atoms with Crippen molar-refractivity contribution in [3.63, 3.8) is 0 Å². The van der Waals surface area contributed by atoms with Crippen LogP contribution in [-0.4, -0.2) is 4.57 Å². The number of hydrogen-bond acceptors (Lipinski definition) is 0. The molecule has 0 aliphatic carbocycles. The maximum absolute atomic E-state index is 16.1. The van der Waals surface area contributed by atoms with Gasteiger partial charge in [0.1, 0.15) is 12.9 Å². The fourth-order valence-electron chi connectivity index (χ4n) is 5.97. The van der Waals surface area contributed by atoms with Crippen LogP contribution in [0.4, 0.5) is 4.39 Å². The highest BCUT2D eigenvalue weighted by molar-refractivity contribution is 6.17. The number of rotatable bonds is 4. The molecule has 0 saturated heterocycles. The first kappa shape index (κ1) is 24.1. The Morgan fingerprint density at radius 1 is 0.575 bits per heavy atom. The zero-order valence-electron chi connectivity index (χ0n) is 22.5. The van der Waals surface area contributed by atoms with Crippen LogP contribution in [-0.2, 0) is 7.05 Å². The van der Waals surface area contributed by atoms with Gasteiger partial charge in [-0.25, -0.2) is 8.96 Å². The van der Waals surface area contributed by atoms with E-state index >= 15 is 4.39 Å². The third kappa shape index (κ3) is 3.82. The maximum atomic E-state index is 16.1. The molecule has 3 heteroatoms. The first-order valence-electron chi connectivity index (χ1n) is 13.5. The number of halogens is 1. The Balaban J connectivity index is 1.65. The second kappa shape index (κ2) is 9.62. The second-order valence-corrected chi connectivity index (χ2v) is 10.3. The van der Waals surface area contributed by atoms with E-state index in [1.54, 1.807) is 6.07 Å². The lowest BCUT2D eigenvalue weighted by molar-refractivity contribution is -0.660. The molecular weight excluding hydrogens is 491 g/mol. The van der Waals surface area contributed by atoms with E-state index in [9.17, 15) is 0 Å². The number of fused-ring (bicyclic) bond motifs is 3. The zero-order valence-corrected chi connectivity index (χ0v) is 22.5. The predicted octanol–water partition coefficient (Wildman–Crippen LogP) is 9.06. The first-order chi connectivity index (χ1) is 19.6. The first-order valence-corrected chi connectivity index (χ1v) is 13.5. The van der Waals surface area contributed by atoms with E-state index in [2.05, 4.69) is 90.0 Å². The summed E-state index contributed by atoms with van der Waals surface area (Å²) in [6.07, 6.45) is 2.07. The third-order valence-electron chi connectivity index (χ3n) is 7.83. The van der Waals surface area contributed by atoms with Crippen LogP contribution in [0, 0.1) is 12.7 Å². The fourth-order valence-corrected chi connectivity index (χ4v) is 5.97. The third-order valence-corrected chi connectivity index (χ3v) is 7.83. The lowest BCUT2D eigenvalue weighted by atomic mass is 9.96. The van der Waals surface area contributed by atoms with Gasteiger partial charge >= 0.3 is 0 Å². The molecule has 2 heterocycles. The van der Waals surface area contributed by atoms with Crippen molar-refractivity contribution >= 4 is 21.8 Å². The van der Waals surface area contributed by atoms with Crippen LogP contribution in [0.25, 0.3) is 61.0 Å². The highest BCUT2D eigenvalue weighted by atomic mass is 19.1. The van der Waals surface area contributed by atoms with Gasteiger partial charge < -0.3 is 4.57 Å². The molecule has 2 aromatic heterocycles. The molecule has 0 spiro atoms. The van der Waals surface area contributed by atoms with Gasteiger partial charge in [0.15, 0.2) is 6.20 Å². The molecular formula is C37H28FN2+. The van der Waals surface area contributed by atoms with E-state index in [0.29, 0.717) is 5.56 Å². The molecule has 0 radical (unpaired) electrons. The summed E-state index contributed by atoms with van der Waals surface area (Å²) >= 11 is 0. The SMILES string of the molecule is Cc1ccc2c3ccc(F)c(-c4cccc(-c5ccccc5)c4)c3n(-c3ccccc3)c2c1-c1cccc[n+]1C. The number of benzene rings is 5. The van der Waals surface area contributed by atoms with Crippen molar-refractivity contribution in [1.82, 2.24) is 4.57 Å². The fraction of sp³-hybridized carbons (Fsp3) is 0.0541. The molecule has 0 bridgehead atoms.